The molecule has 2 aromatic rings. The van der Waals surface area contributed by atoms with E-state index < -0.39 is 0 Å². The molecule has 0 amide bonds. The first kappa shape index (κ1) is 12.8. The van der Waals surface area contributed by atoms with Crippen LogP contribution in [0.25, 0.3) is 0 Å². The summed E-state index contributed by atoms with van der Waals surface area (Å²) in [4.78, 5) is 0. The highest BCUT2D eigenvalue weighted by atomic mass is 32.1. The minimum Gasteiger partial charge on any atom is -0.381 e. The summed E-state index contributed by atoms with van der Waals surface area (Å²) in [6.45, 7) is 1.78. The topological polar surface area (TPSA) is 9.23 Å². The highest BCUT2D eigenvalue weighted by Gasteiger charge is 1.95. The molecule has 2 rings (SSSR count). The Hall–Kier alpha value is -0.640. The number of aryl methyl sites for hydroxylation is 2. The molecule has 92 valence electrons. The summed E-state index contributed by atoms with van der Waals surface area (Å²) in [7, 11) is 0. The van der Waals surface area contributed by atoms with Crippen LogP contribution in [0.1, 0.15) is 24.0 Å². The molecule has 0 atom stereocenters. The van der Waals surface area contributed by atoms with Gasteiger partial charge in [-0.25, -0.2) is 0 Å². The lowest BCUT2D eigenvalue weighted by Gasteiger charge is -2.03. The van der Waals surface area contributed by atoms with E-state index in [1.54, 1.807) is 22.7 Å². The molecule has 0 N–H and O–H groups in total. The molecule has 0 aromatic carbocycles. The lowest BCUT2D eigenvalue weighted by Crippen LogP contribution is -1.99. The van der Waals surface area contributed by atoms with Crippen LogP contribution < -0.4 is 0 Å². The van der Waals surface area contributed by atoms with Crippen LogP contribution >= 0.6 is 22.7 Å². The molecule has 0 saturated heterocycles. The molecule has 0 unspecified atom stereocenters. The van der Waals surface area contributed by atoms with Crippen LogP contribution in [0.2, 0.25) is 0 Å². The molecule has 17 heavy (non-hydrogen) atoms. The van der Waals surface area contributed by atoms with Crippen LogP contribution in [0.15, 0.2) is 33.7 Å². The van der Waals surface area contributed by atoms with Crippen molar-refractivity contribution in [1.29, 1.82) is 0 Å². The zero-order valence-electron chi connectivity index (χ0n) is 9.93. The molecule has 2 heterocycles. The maximum absolute atomic E-state index is 5.64. The second-order valence-corrected chi connectivity index (χ2v) is 5.64. The SMILES string of the molecule is c1cc(CCCOCCCc2ccsc2)cs1. The van der Waals surface area contributed by atoms with E-state index in [0.717, 1.165) is 38.9 Å². The summed E-state index contributed by atoms with van der Waals surface area (Å²) < 4.78 is 5.64. The Bertz CT molecular complexity index is 340. The van der Waals surface area contributed by atoms with E-state index in [-0.39, 0.29) is 0 Å². The van der Waals surface area contributed by atoms with E-state index in [2.05, 4.69) is 33.7 Å². The third kappa shape index (κ3) is 5.02. The van der Waals surface area contributed by atoms with Crippen LogP contribution in [0.4, 0.5) is 0 Å². The predicted octanol–water partition coefficient (Wildman–Crippen LogP) is 4.39. The number of ether oxygens (including phenoxy) is 1. The summed E-state index contributed by atoms with van der Waals surface area (Å²) >= 11 is 3.54. The average Bonchev–Trinajstić information content (AvgIpc) is 3.00. The average molecular weight is 266 g/mol. The van der Waals surface area contributed by atoms with Crippen LogP contribution in [-0.4, -0.2) is 13.2 Å². The molecule has 0 aliphatic rings. The Labute approximate surface area is 111 Å². The van der Waals surface area contributed by atoms with Crippen LogP contribution in [0.5, 0.6) is 0 Å². The van der Waals surface area contributed by atoms with Crippen LogP contribution in [-0.2, 0) is 17.6 Å². The summed E-state index contributed by atoms with van der Waals surface area (Å²) in [5, 5.41) is 8.71. The van der Waals surface area contributed by atoms with Gasteiger partial charge in [0.15, 0.2) is 0 Å². The molecule has 3 heteroatoms. The largest absolute Gasteiger partial charge is 0.381 e. The van der Waals surface area contributed by atoms with Crippen molar-refractivity contribution < 1.29 is 4.74 Å². The molecule has 0 aliphatic heterocycles. The monoisotopic (exact) mass is 266 g/mol. The van der Waals surface area contributed by atoms with Gasteiger partial charge in [-0.1, -0.05) is 0 Å². The van der Waals surface area contributed by atoms with Gasteiger partial charge in [-0.05, 0) is 70.5 Å². The summed E-state index contributed by atoms with van der Waals surface area (Å²) in [5.74, 6) is 0. The van der Waals surface area contributed by atoms with E-state index in [1.807, 2.05) is 0 Å². The Morgan fingerprint density at radius 3 is 1.76 bits per heavy atom. The third-order valence-corrected chi connectivity index (χ3v) is 4.13. The number of thiophene rings is 2. The standard InChI is InChI=1S/C14H18OS2/c1(3-13-5-9-16-11-13)7-15-8-2-4-14-6-10-17-12-14/h5-6,9-12H,1-4,7-8H2. The first-order chi connectivity index (χ1) is 8.45. The Balaban J connectivity index is 1.44. The van der Waals surface area contributed by atoms with Gasteiger partial charge < -0.3 is 4.74 Å². The van der Waals surface area contributed by atoms with Gasteiger partial charge in [0.2, 0.25) is 0 Å². The van der Waals surface area contributed by atoms with Crippen molar-refractivity contribution >= 4 is 22.7 Å². The molecule has 1 nitrogen and oxygen atoms in total. The molecular weight excluding hydrogens is 248 g/mol. The van der Waals surface area contributed by atoms with E-state index in [1.165, 1.54) is 11.1 Å². The van der Waals surface area contributed by atoms with Crippen molar-refractivity contribution in [2.24, 2.45) is 0 Å². The molecule has 0 radical (unpaired) electrons. The molecule has 0 bridgehead atoms. The Morgan fingerprint density at radius 1 is 0.824 bits per heavy atom. The second kappa shape index (κ2) is 7.64. The first-order valence-electron chi connectivity index (χ1n) is 6.05. The normalized spacial score (nSPS) is 10.8. The van der Waals surface area contributed by atoms with Gasteiger partial charge >= 0.3 is 0 Å². The van der Waals surface area contributed by atoms with Gasteiger partial charge in [0.25, 0.3) is 0 Å². The lowest BCUT2D eigenvalue weighted by molar-refractivity contribution is 0.130. The zero-order chi connectivity index (χ0) is 11.8. The van der Waals surface area contributed by atoms with E-state index in [4.69, 9.17) is 4.74 Å². The van der Waals surface area contributed by atoms with Crippen molar-refractivity contribution in [2.75, 3.05) is 13.2 Å². The van der Waals surface area contributed by atoms with Crippen molar-refractivity contribution in [1.82, 2.24) is 0 Å². The van der Waals surface area contributed by atoms with Gasteiger partial charge in [-0.3, -0.25) is 0 Å². The van der Waals surface area contributed by atoms with Crippen molar-refractivity contribution in [3.63, 3.8) is 0 Å². The van der Waals surface area contributed by atoms with Crippen molar-refractivity contribution in [2.45, 2.75) is 25.7 Å². The zero-order valence-corrected chi connectivity index (χ0v) is 11.6. The fourth-order valence-electron chi connectivity index (χ4n) is 1.73. The maximum Gasteiger partial charge on any atom is 0.0469 e. The predicted molar refractivity (Wildman–Crippen MR) is 76.1 cm³/mol. The summed E-state index contributed by atoms with van der Waals surface area (Å²) in [5.41, 5.74) is 2.88. The Kier molecular flexibility index (Phi) is 5.76. The number of hydrogen-bond acceptors (Lipinski definition) is 3. The van der Waals surface area contributed by atoms with Gasteiger partial charge in [0.1, 0.15) is 0 Å². The molecule has 0 fully saturated rings. The highest BCUT2D eigenvalue weighted by Crippen LogP contribution is 2.09. The molecule has 0 saturated carbocycles. The third-order valence-electron chi connectivity index (χ3n) is 2.67. The molecule has 0 spiro atoms. The fourth-order valence-corrected chi connectivity index (χ4v) is 3.13. The molecular formula is C14H18OS2. The highest BCUT2D eigenvalue weighted by molar-refractivity contribution is 7.08. The van der Waals surface area contributed by atoms with Gasteiger partial charge in [-0.15, -0.1) is 0 Å². The van der Waals surface area contributed by atoms with Crippen LogP contribution in [0.3, 0.4) is 0 Å². The van der Waals surface area contributed by atoms with E-state index >= 15 is 0 Å². The van der Waals surface area contributed by atoms with Gasteiger partial charge in [0.05, 0.1) is 0 Å². The number of rotatable bonds is 8. The molecule has 0 aliphatic carbocycles. The first-order valence-corrected chi connectivity index (χ1v) is 7.93. The fraction of sp³-hybridized carbons (Fsp3) is 0.429. The molecule has 2 aromatic heterocycles. The second-order valence-electron chi connectivity index (χ2n) is 4.08. The maximum atomic E-state index is 5.64. The summed E-state index contributed by atoms with van der Waals surface area (Å²) in [6, 6.07) is 4.39. The van der Waals surface area contributed by atoms with Crippen molar-refractivity contribution in [3.05, 3.63) is 44.8 Å². The van der Waals surface area contributed by atoms with Gasteiger partial charge in [0, 0.05) is 13.2 Å². The quantitative estimate of drug-likeness (QED) is 0.644. The summed E-state index contributed by atoms with van der Waals surface area (Å²) in [6.07, 6.45) is 4.56. The number of hydrogen-bond donors (Lipinski definition) is 0. The van der Waals surface area contributed by atoms with E-state index in [0.29, 0.717) is 0 Å². The van der Waals surface area contributed by atoms with Crippen LogP contribution in [0, 0.1) is 0 Å². The smallest absolute Gasteiger partial charge is 0.0469 e. The van der Waals surface area contributed by atoms with Crippen molar-refractivity contribution in [3.8, 4) is 0 Å². The Morgan fingerprint density at radius 2 is 1.35 bits per heavy atom. The van der Waals surface area contributed by atoms with Gasteiger partial charge in [-0.2, -0.15) is 22.7 Å². The lowest BCUT2D eigenvalue weighted by atomic mass is 10.2. The van der Waals surface area contributed by atoms with E-state index in [9.17, 15) is 0 Å². The minimum absolute atomic E-state index is 0.888. The minimum atomic E-state index is 0.888.